The van der Waals surface area contributed by atoms with Gasteiger partial charge < -0.3 is 20.0 Å². The van der Waals surface area contributed by atoms with E-state index >= 15 is 0 Å². The van der Waals surface area contributed by atoms with Crippen molar-refractivity contribution < 1.29 is 24.6 Å². The Kier molecular flexibility index (Phi) is 7.33. The molecule has 3 aliphatic rings. The van der Waals surface area contributed by atoms with Crippen LogP contribution in [0.3, 0.4) is 0 Å². The van der Waals surface area contributed by atoms with Crippen molar-refractivity contribution in [3.8, 4) is 0 Å². The average Bonchev–Trinajstić information content (AvgIpc) is 3.40. The number of ketones is 1. The fourth-order valence-electron chi connectivity index (χ4n) is 7.34. The Balaban J connectivity index is 1.24. The van der Waals surface area contributed by atoms with Crippen molar-refractivity contribution in [2.45, 2.75) is 43.6 Å². The van der Waals surface area contributed by atoms with Crippen LogP contribution in [0.1, 0.15) is 41.5 Å². The van der Waals surface area contributed by atoms with E-state index in [0.717, 1.165) is 11.1 Å². The Morgan fingerprint density at radius 2 is 0.978 bits per heavy atom. The number of anilines is 2. The minimum atomic E-state index is -2.15. The zero-order chi connectivity index (χ0) is 31.5. The Hall–Kier alpha value is -4.01. The maximum Gasteiger partial charge on any atom is 0.264 e. The van der Waals surface area contributed by atoms with Gasteiger partial charge in [-0.1, -0.05) is 90.3 Å². The lowest BCUT2D eigenvalue weighted by atomic mass is 9.64. The van der Waals surface area contributed by atoms with Crippen LogP contribution in [0.5, 0.6) is 0 Å². The summed E-state index contributed by atoms with van der Waals surface area (Å²) in [4.78, 5) is 45.9. The number of para-hydroxylation sites is 2. The fraction of sp³-hybridized carbons (Fsp3) is 0.250. The third kappa shape index (κ3) is 4.60. The first-order chi connectivity index (χ1) is 21.6. The summed E-state index contributed by atoms with van der Waals surface area (Å²) in [5.74, 6) is -4.03. The molecule has 2 N–H and O–H groups in total. The number of halogens is 2. The van der Waals surface area contributed by atoms with Gasteiger partial charge >= 0.3 is 0 Å². The van der Waals surface area contributed by atoms with E-state index in [0.29, 0.717) is 39.0 Å². The number of carbonyl (C=O) groups is 3. The zero-order valence-corrected chi connectivity index (χ0v) is 25.7. The molecule has 4 atom stereocenters. The number of fused-ring (bicyclic) bond motifs is 2. The summed E-state index contributed by atoms with van der Waals surface area (Å²) < 4.78 is 0. The number of hydrogen-bond acceptors (Lipinski definition) is 5. The molecule has 0 radical (unpaired) electrons. The Morgan fingerprint density at radius 1 is 0.600 bits per heavy atom. The van der Waals surface area contributed by atoms with E-state index in [1.165, 1.54) is 9.80 Å². The highest BCUT2D eigenvalue weighted by Crippen LogP contribution is 2.54. The smallest absolute Gasteiger partial charge is 0.264 e. The standard InChI is InChI=1S/C36H30Cl2N2O5/c37-24-16-12-22(13-17-24)20-39-30-10-3-1-6-26(30)35(44,33(39)42)28-8-5-9-29(32(28)41)36(45)27-7-2-4-11-31(27)40(34(36)43)21-23-14-18-25(38)19-15-23/h1-4,6-7,10-19,28-29,44-45H,5,8-9,20-21H2/t28-,29+,35-,36-/m0/s1. The molecule has 9 heteroatoms. The molecule has 2 heterocycles. The van der Waals surface area contributed by atoms with Gasteiger partial charge in [-0.15, -0.1) is 0 Å². The monoisotopic (exact) mass is 640 g/mol. The molecular formula is C36H30Cl2N2O5. The van der Waals surface area contributed by atoms with Gasteiger partial charge in [0.05, 0.1) is 36.3 Å². The summed E-state index contributed by atoms with van der Waals surface area (Å²) >= 11 is 12.1. The maximum atomic E-state index is 14.5. The number of benzene rings is 4. The summed E-state index contributed by atoms with van der Waals surface area (Å²) in [6.45, 7) is 0.351. The summed E-state index contributed by atoms with van der Waals surface area (Å²) in [6, 6.07) is 28.1. The van der Waals surface area contributed by atoms with E-state index in [2.05, 4.69) is 0 Å². The molecule has 2 aliphatic heterocycles. The van der Waals surface area contributed by atoms with Gasteiger partial charge in [-0.05, 0) is 60.4 Å². The van der Waals surface area contributed by atoms with Crippen molar-refractivity contribution in [3.63, 3.8) is 0 Å². The molecule has 1 aliphatic carbocycles. The normalized spacial score (nSPS) is 25.9. The van der Waals surface area contributed by atoms with E-state index in [-0.39, 0.29) is 25.9 Å². The van der Waals surface area contributed by atoms with E-state index in [1.807, 2.05) is 24.3 Å². The summed E-state index contributed by atoms with van der Waals surface area (Å²) in [5.41, 5.74) is -0.964. The summed E-state index contributed by atoms with van der Waals surface area (Å²) in [5, 5.41) is 25.8. The SMILES string of the molecule is O=C1[C@H]([C@]2(O)C(=O)N(Cc3ccc(Cl)cc3)c3ccccc32)CCC[C@@H]1[C@]1(O)C(=O)N(Cc2ccc(Cl)cc2)c2ccccc21. The number of nitrogens with zero attached hydrogens (tertiary/aromatic N) is 2. The van der Waals surface area contributed by atoms with E-state index in [9.17, 15) is 24.6 Å². The predicted octanol–water partition coefficient (Wildman–Crippen LogP) is 6.15. The van der Waals surface area contributed by atoms with Crippen molar-refractivity contribution in [3.05, 3.63) is 129 Å². The average molecular weight is 642 g/mol. The number of amides is 2. The van der Waals surface area contributed by atoms with Crippen molar-refractivity contribution in [2.75, 3.05) is 9.80 Å². The minimum Gasteiger partial charge on any atom is -0.375 e. The lowest BCUT2D eigenvalue weighted by Gasteiger charge is -2.41. The molecule has 0 spiro atoms. The maximum absolute atomic E-state index is 14.5. The van der Waals surface area contributed by atoms with Gasteiger partial charge in [0, 0.05) is 21.2 Å². The Bertz CT molecular complexity index is 1700. The molecule has 4 aromatic carbocycles. The molecule has 45 heavy (non-hydrogen) atoms. The third-order valence-electron chi connectivity index (χ3n) is 9.54. The van der Waals surface area contributed by atoms with Crippen LogP contribution in [0, 0.1) is 11.8 Å². The highest BCUT2D eigenvalue weighted by Gasteiger charge is 2.63. The molecule has 1 saturated carbocycles. The van der Waals surface area contributed by atoms with Gasteiger partial charge in [-0.25, -0.2) is 0 Å². The fourth-order valence-corrected chi connectivity index (χ4v) is 7.59. The van der Waals surface area contributed by atoms with Gasteiger partial charge in [0.25, 0.3) is 11.8 Å². The van der Waals surface area contributed by atoms with Gasteiger partial charge in [-0.3, -0.25) is 14.4 Å². The third-order valence-corrected chi connectivity index (χ3v) is 10.0. The highest BCUT2D eigenvalue weighted by molar-refractivity contribution is 6.30. The van der Waals surface area contributed by atoms with Crippen LogP contribution in [-0.4, -0.2) is 27.8 Å². The molecule has 1 fully saturated rings. The molecule has 2 amide bonds. The van der Waals surface area contributed by atoms with Crippen molar-refractivity contribution in [1.29, 1.82) is 0 Å². The molecule has 4 aromatic rings. The van der Waals surface area contributed by atoms with E-state index in [4.69, 9.17) is 23.2 Å². The van der Waals surface area contributed by atoms with E-state index < -0.39 is 40.6 Å². The molecule has 0 unspecified atom stereocenters. The van der Waals surface area contributed by atoms with E-state index in [1.54, 1.807) is 72.8 Å². The van der Waals surface area contributed by atoms with Gasteiger partial charge in [-0.2, -0.15) is 0 Å². The molecule has 0 aromatic heterocycles. The highest BCUT2D eigenvalue weighted by atomic mass is 35.5. The summed E-state index contributed by atoms with van der Waals surface area (Å²) in [7, 11) is 0. The largest absolute Gasteiger partial charge is 0.375 e. The number of rotatable bonds is 6. The quantitative estimate of drug-likeness (QED) is 0.264. The van der Waals surface area contributed by atoms with Crippen molar-refractivity contribution in [1.82, 2.24) is 0 Å². The predicted molar refractivity (Wildman–Crippen MR) is 172 cm³/mol. The van der Waals surface area contributed by atoms with Crippen LogP contribution in [-0.2, 0) is 38.7 Å². The number of Topliss-reactive ketones (excluding diaryl/α,β-unsaturated/α-hetero) is 1. The second-order valence-corrected chi connectivity index (χ2v) is 12.9. The number of carbonyl (C=O) groups excluding carboxylic acids is 3. The zero-order valence-electron chi connectivity index (χ0n) is 24.2. The first-order valence-corrected chi connectivity index (χ1v) is 15.7. The first-order valence-electron chi connectivity index (χ1n) is 14.9. The second-order valence-electron chi connectivity index (χ2n) is 12.0. The number of hydrogen-bond donors (Lipinski definition) is 2. The summed E-state index contributed by atoms with van der Waals surface area (Å²) in [6.07, 6.45) is 0.910. The first kappa shape index (κ1) is 29.7. The second kappa shape index (κ2) is 11.1. The number of aliphatic hydroxyl groups is 2. The Morgan fingerprint density at radius 3 is 1.38 bits per heavy atom. The molecule has 228 valence electrons. The topological polar surface area (TPSA) is 98.1 Å². The van der Waals surface area contributed by atoms with Gasteiger partial charge in [0.15, 0.2) is 11.2 Å². The molecule has 0 saturated heterocycles. The Labute approximate surface area is 270 Å². The van der Waals surface area contributed by atoms with Crippen LogP contribution in [0.25, 0.3) is 0 Å². The van der Waals surface area contributed by atoms with Crippen LogP contribution < -0.4 is 9.80 Å². The van der Waals surface area contributed by atoms with Crippen LogP contribution in [0.4, 0.5) is 11.4 Å². The molecule has 7 nitrogen and oxygen atoms in total. The van der Waals surface area contributed by atoms with Gasteiger partial charge in [0.2, 0.25) is 0 Å². The molecule has 7 rings (SSSR count). The minimum absolute atomic E-state index is 0.176. The lowest BCUT2D eigenvalue weighted by Crippen LogP contribution is -2.56. The van der Waals surface area contributed by atoms with Crippen molar-refractivity contribution >= 4 is 52.2 Å². The molecular weight excluding hydrogens is 611 g/mol. The lowest BCUT2D eigenvalue weighted by molar-refractivity contribution is -0.165. The van der Waals surface area contributed by atoms with Crippen LogP contribution >= 0.6 is 23.2 Å². The van der Waals surface area contributed by atoms with Crippen LogP contribution in [0.2, 0.25) is 10.0 Å². The van der Waals surface area contributed by atoms with Gasteiger partial charge in [0.1, 0.15) is 5.78 Å². The van der Waals surface area contributed by atoms with Crippen molar-refractivity contribution in [2.24, 2.45) is 11.8 Å². The molecule has 0 bridgehead atoms. The van der Waals surface area contributed by atoms with Crippen LogP contribution in [0.15, 0.2) is 97.1 Å².